The Morgan fingerprint density at radius 3 is 2.58 bits per heavy atom. The van der Waals surface area contributed by atoms with Gasteiger partial charge >= 0.3 is 0 Å². The molecule has 0 aromatic heterocycles. The van der Waals surface area contributed by atoms with Crippen molar-refractivity contribution < 1.29 is 4.39 Å². The quantitative estimate of drug-likeness (QED) is 0.828. The molecule has 1 nitrogen and oxygen atoms in total. The Bertz CT molecular complexity index is 443. The van der Waals surface area contributed by atoms with Crippen LogP contribution in [-0.2, 0) is 5.54 Å². The molecule has 104 valence electrons. The van der Waals surface area contributed by atoms with E-state index in [0.717, 1.165) is 36.9 Å². The Morgan fingerprint density at radius 2 is 1.95 bits per heavy atom. The fourth-order valence-corrected chi connectivity index (χ4v) is 3.76. The maximum Gasteiger partial charge on any atom is 0.127 e. The molecule has 0 bridgehead atoms. The van der Waals surface area contributed by atoms with E-state index in [1.807, 2.05) is 6.07 Å². The molecule has 19 heavy (non-hydrogen) atoms. The van der Waals surface area contributed by atoms with Gasteiger partial charge in [0.1, 0.15) is 5.82 Å². The summed E-state index contributed by atoms with van der Waals surface area (Å²) in [7, 11) is 0. The number of hydrogen-bond donors (Lipinski definition) is 1. The molecular weight excluding hydrogens is 237 g/mol. The number of rotatable bonds is 2. The van der Waals surface area contributed by atoms with Crippen molar-refractivity contribution in [1.82, 2.24) is 5.32 Å². The molecule has 3 rings (SSSR count). The standard InChI is InChI=1S/C17H24FN/c1-17(10-5-11-19-17)14-8-9-15(16(18)12-14)13-6-3-2-4-7-13/h8-9,12-13,19H,2-7,10-11H2,1H3. The Hall–Kier alpha value is -0.890. The first-order valence-electron chi connectivity index (χ1n) is 7.74. The zero-order chi connectivity index (χ0) is 13.3. The zero-order valence-electron chi connectivity index (χ0n) is 11.8. The summed E-state index contributed by atoms with van der Waals surface area (Å²) in [6.07, 6.45) is 8.43. The number of nitrogens with one attached hydrogen (secondary N) is 1. The van der Waals surface area contributed by atoms with Crippen LogP contribution in [0.15, 0.2) is 18.2 Å². The predicted molar refractivity (Wildman–Crippen MR) is 76.8 cm³/mol. The van der Waals surface area contributed by atoms with E-state index in [0.29, 0.717) is 5.92 Å². The van der Waals surface area contributed by atoms with Gasteiger partial charge < -0.3 is 5.32 Å². The summed E-state index contributed by atoms with van der Waals surface area (Å²) < 4.78 is 14.4. The van der Waals surface area contributed by atoms with Crippen molar-refractivity contribution in [2.45, 2.75) is 63.3 Å². The molecule has 2 fully saturated rings. The second kappa shape index (κ2) is 5.24. The maximum atomic E-state index is 14.4. The van der Waals surface area contributed by atoms with Gasteiger partial charge in [0.05, 0.1) is 0 Å². The van der Waals surface area contributed by atoms with Gasteiger partial charge in [0.25, 0.3) is 0 Å². The fourth-order valence-electron chi connectivity index (χ4n) is 3.76. The molecule has 0 spiro atoms. The van der Waals surface area contributed by atoms with E-state index in [1.54, 1.807) is 6.07 Å². The summed E-state index contributed by atoms with van der Waals surface area (Å²) in [6, 6.07) is 5.97. The van der Waals surface area contributed by atoms with Crippen LogP contribution in [0.5, 0.6) is 0 Å². The van der Waals surface area contributed by atoms with Gasteiger partial charge in [0.15, 0.2) is 0 Å². The third-order valence-corrected chi connectivity index (χ3v) is 5.05. The molecule has 1 aromatic rings. The Morgan fingerprint density at radius 1 is 1.16 bits per heavy atom. The Kier molecular flexibility index (Phi) is 3.62. The van der Waals surface area contributed by atoms with Gasteiger partial charge in [-0.15, -0.1) is 0 Å². The summed E-state index contributed by atoms with van der Waals surface area (Å²) in [5.41, 5.74) is 2.04. The van der Waals surface area contributed by atoms with Crippen LogP contribution < -0.4 is 5.32 Å². The van der Waals surface area contributed by atoms with Crippen molar-refractivity contribution in [1.29, 1.82) is 0 Å². The van der Waals surface area contributed by atoms with E-state index < -0.39 is 0 Å². The van der Waals surface area contributed by atoms with Crippen LogP contribution >= 0.6 is 0 Å². The van der Waals surface area contributed by atoms with Crippen LogP contribution in [0, 0.1) is 5.82 Å². The maximum absolute atomic E-state index is 14.4. The van der Waals surface area contributed by atoms with Crippen LogP contribution in [-0.4, -0.2) is 6.54 Å². The average Bonchev–Trinajstić information content (AvgIpc) is 2.88. The molecule has 0 amide bonds. The number of halogens is 1. The summed E-state index contributed by atoms with van der Waals surface area (Å²) in [5.74, 6) is 0.464. The molecular formula is C17H24FN. The Balaban J connectivity index is 1.85. The van der Waals surface area contributed by atoms with Gasteiger partial charge in [-0.3, -0.25) is 0 Å². The van der Waals surface area contributed by atoms with Gasteiger partial charge in [-0.2, -0.15) is 0 Å². The second-order valence-corrected chi connectivity index (χ2v) is 6.43. The van der Waals surface area contributed by atoms with Gasteiger partial charge in [-0.05, 0) is 62.3 Å². The van der Waals surface area contributed by atoms with Crippen molar-refractivity contribution >= 4 is 0 Å². The molecule has 1 aromatic carbocycles. The van der Waals surface area contributed by atoms with Crippen LogP contribution in [0.25, 0.3) is 0 Å². The third kappa shape index (κ3) is 2.55. The highest BCUT2D eigenvalue weighted by atomic mass is 19.1. The molecule has 1 unspecified atom stereocenters. The van der Waals surface area contributed by atoms with Crippen LogP contribution in [0.1, 0.15) is 68.9 Å². The largest absolute Gasteiger partial charge is 0.308 e. The smallest absolute Gasteiger partial charge is 0.127 e. The lowest BCUT2D eigenvalue weighted by atomic mass is 9.82. The first-order valence-corrected chi connectivity index (χ1v) is 7.74. The molecule has 1 aliphatic carbocycles. The van der Waals surface area contributed by atoms with Gasteiger partial charge in [0.2, 0.25) is 0 Å². The van der Waals surface area contributed by atoms with E-state index in [4.69, 9.17) is 0 Å². The van der Waals surface area contributed by atoms with Crippen molar-refractivity contribution in [2.75, 3.05) is 6.54 Å². The summed E-state index contributed by atoms with van der Waals surface area (Å²) in [4.78, 5) is 0. The SMILES string of the molecule is CC1(c2ccc(C3CCCCC3)c(F)c2)CCCN1. The van der Waals surface area contributed by atoms with Gasteiger partial charge in [-0.1, -0.05) is 31.4 Å². The van der Waals surface area contributed by atoms with Crippen molar-refractivity contribution in [3.05, 3.63) is 35.1 Å². The van der Waals surface area contributed by atoms with Crippen molar-refractivity contribution in [2.24, 2.45) is 0 Å². The highest BCUT2D eigenvalue weighted by Gasteiger charge is 2.31. The first-order chi connectivity index (χ1) is 9.19. The highest BCUT2D eigenvalue weighted by molar-refractivity contribution is 5.32. The second-order valence-electron chi connectivity index (χ2n) is 6.43. The molecule has 1 atom stereocenters. The zero-order valence-corrected chi connectivity index (χ0v) is 11.8. The molecule has 1 saturated carbocycles. The molecule has 1 saturated heterocycles. The molecule has 2 aliphatic rings. The van der Waals surface area contributed by atoms with E-state index in [1.165, 1.54) is 25.7 Å². The minimum Gasteiger partial charge on any atom is -0.308 e. The summed E-state index contributed by atoms with van der Waals surface area (Å²) >= 11 is 0. The fraction of sp³-hybridized carbons (Fsp3) is 0.647. The van der Waals surface area contributed by atoms with Crippen LogP contribution in [0.3, 0.4) is 0 Å². The number of hydrogen-bond acceptors (Lipinski definition) is 1. The lowest BCUT2D eigenvalue weighted by molar-refractivity contribution is 0.419. The molecule has 1 N–H and O–H groups in total. The minimum atomic E-state index is -0.0219. The van der Waals surface area contributed by atoms with E-state index >= 15 is 0 Å². The van der Waals surface area contributed by atoms with Crippen molar-refractivity contribution in [3.8, 4) is 0 Å². The van der Waals surface area contributed by atoms with E-state index in [9.17, 15) is 4.39 Å². The topological polar surface area (TPSA) is 12.0 Å². The molecule has 2 heteroatoms. The Labute approximate surface area is 115 Å². The lowest BCUT2D eigenvalue weighted by Gasteiger charge is -2.27. The van der Waals surface area contributed by atoms with E-state index in [2.05, 4.69) is 18.3 Å². The monoisotopic (exact) mass is 261 g/mol. The van der Waals surface area contributed by atoms with Crippen molar-refractivity contribution in [3.63, 3.8) is 0 Å². The number of benzene rings is 1. The molecule has 1 heterocycles. The summed E-state index contributed by atoms with van der Waals surface area (Å²) in [5, 5.41) is 3.51. The predicted octanol–water partition coefficient (Wildman–Crippen LogP) is 4.47. The third-order valence-electron chi connectivity index (χ3n) is 5.05. The average molecular weight is 261 g/mol. The van der Waals surface area contributed by atoms with E-state index in [-0.39, 0.29) is 11.4 Å². The first kappa shape index (κ1) is 13.1. The highest BCUT2D eigenvalue weighted by Crippen LogP contribution is 2.36. The normalized spacial score (nSPS) is 28.7. The minimum absolute atomic E-state index is 0.0133. The van der Waals surface area contributed by atoms with Crippen LogP contribution in [0.2, 0.25) is 0 Å². The molecule has 0 radical (unpaired) electrons. The van der Waals surface area contributed by atoms with Gasteiger partial charge in [0, 0.05) is 5.54 Å². The van der Waals surface area contributed by atoms with Gasteiger partial charge in [-0.25, -0.2) is 4.39 Å². The van der Waals surface area contributed by atoms with Crippen LogP contribution in [0.4, 0.5) is 4.39 Å². The lowest BCUT2D eigenvalue weighted by Crippen LogP contribution is -2.33. The molecule has 1 aliphatic heterocycles. The summed E-state index contributed by atoms with van der Waals surface area (Å²) in [6.45, 7) is 3.23.